The first-order valence-corrected chi connectivity index (χ1v) is 5.46. The number of rotatable bonds is 3. The molecule has 0 radical (unpaired) electrons. The van der Waals surface area contributed by atoms with Gasteiger partial charge in [0.1, 0.15) is 0 Å². The third-order valence-corrected chi connectivity index (χ3v) is 3.05. The smallest absolute Gasteiger partial charge is 0.309 e. The lowest BCUT2D eigenvalue weighted by Crippen LogP contribution is -2.06. The first-order valence-electron chi connectivity index (χ1n) is 4.51. The van der Waals surface area contributed by atoms with E-state index < -0.39 is 0 Å². The molecule has 1 aromatic rings. The van der Waals surface area contributed by atoms with Crippen molar-refractivity contribution in [2.45, 2.75) is 19.3 Å². The van der Waals surface area contributed by atoms with Crippen molar-refractivity contribution < 1.29 is 9.53 Å². The average Bonchev–Trinajstić information content (AvgIpc) is 2.74. The Kier molecular flexibility index (Phi) is 2.36. The summed E-state index contributed by atoms with van der Waals surface area (Å²) in [7, 11) is 0. The van der Waals surface area contributed by atoms with Crippen LogP contribution in [0.3, 0.4) is 0 Å². The van der Waals surface area contributed by atoms with Crippen LogP contribution in [0.5, 0.6) is 0 Å². The fourth-order valence-corrected chi connectivity index (χ4v) is 2.28. The second kappa shape index (κ2) is 3.50. The minimum atomic E-state index is -0.0290. The van der Waals surface area contributed by atoms with Crippen LogP contribution in [0.15, 0.2) is 16.8 Å². The molecule has 1 aliphatic carbocycles. The Morgan fingerprint density at radius 3 is 3.23 bits per heavy atom. The number of hydrogen-bond acceptors (Lipinski definition) is 3. The lowest BCUT2D eigenvalue weighted by atomic mass is 10.2. The van der Waals surface area contributed by atoms with Crippen LogP contribution in [0, 0.1) is 5.92 Å². The Balaban J connectivity index is 1.92. The SMILES string of the molecule is CCOC(=O)[C@H]1C[C@@H]1c1ccsc1. The van der Waals surface area contributed by atoms with E-state index in [9.17, 15) is 4.79 Å². The van der Waals surface area contributed by atoms with Crippen LogP contribution in [0.1, 0.15) is 24.8 Å². The number of hydrogen-bond donors (Lipinski definition) is 0. The van der Waals surface area contributed by atoms with E-state index >= 15 is 0 Å². The zero-order valence-electron chi connectivity index (χ0n) is 7.53. The van der Waals surface area contributed by atoms with Crippen LogP contribution in [0.2, 0.25) is 0 Å². The van der Waals surface area contributed by atoms with Crippen molar-refractivity contribution in [3.8, 4) is 0 Å². The molecule has 0 unspecified atom stereocenters. The highest BCUT2D eigenvalue weighted by Gasteiger charge is 2.45. The first-order chi connectivity index (χ1) is 6.33. The van der Waals surface area contributed by atoms with E-state index in [-0.39, 0.29) is 11.9 Å². The Morgan fingerprint density at radius 1 is 1.77 bits per heavy atom. The molecule has 1 saturated carbocycles. The predicted octanol–water partition coefficient (Wildman–Crippen LogP) is 2.41. The third-order valence-electron chi connectivity index (χ3n) is 2.35. The van der Waals surface area contributed by atoms with Gasteiger partial charge in [0.15, 0.2) is 0 Å². The van der Waals surface area contributed by atoms with Gasteiger partial charge in [-0.1, -0.05) is 0 Å². The van der Waals surface area contributed by atoms with Gasteiger partial charge in [-0.15, -0.1) is 0 Å². The molecule has 1 heterocycles. The van der Waals surface area contributed by atoms with Crippen molar-refractivity contribution in [3.63, 3.8) is 0 Å². The van der Waals surface area contributed by atoms with Crippen LogP contribution in [0.25, 0.3) is 0 Å². The van der Waals surface area contributed by atoms with Gasteiger partial charge in [-0.3, -0.25) is 4.79 Å². The van der Waals surface area contributed by atoms with E-state index in [4.69, 9.17) is 4.74 Å². The van der Waals surface area contributed by atoms with E-state index in [1.807, 2.05) is 6.92 Å². The zero-order chi connectivity index (χ0) is 9.26. The molecular weight excluding hydrogens is 184 g/mol. The Labute approximate surface area is 81.5 Å². The van der Waals surface area contributed by atoms with E-state index in [0.29, 0.717) is 12.5 Å². The first kappa shape index (κ1) is 8.75. The molecular formula is C10H12O2S. The summed E-state index contributed by atoms with van der Waals surface area (Å²) in [6.07, 6.45) is 0.968. The molecule has 1 aromatic heterocycles. The van der Waals surface area contributed by atoms with Gasteiger partial charge in [0.25, 0.3) is 0 Å². The monoisotopic (exact) mass is 196 g/mol. The topological polar surface area (TPSA) is 26.3 Å². The van der Waals surface area contributed by atoms with Gasteiger partial charge in [-0.25, -0.2) is 0 Å². The number of esters is 1. The van der Waals surface area contributed by atoms with Gasteiger partial charge in [-0.05, 0) is 41.7 Å². The van der Waals surface area contributed by atoms with Crippen molar-refractivity contribution >= 4 is 17.3 Å². The molecule has 3 heteroatoms. The quantitative estimate of drug-likeness (QED) is 0.694. The molecule has 0 aliphatic heterocycles. The molecule has 0 aromatic carbocycles. The molecule has 1 aliphatic rings. The van der Waals surface area contributed by atoms with E-state index in [1.54, 1.807) is 11.3 Å². The van der Waals surface area contributed by atoms with Crippen molar-refractivity contribution in [3.05, 3.63) is 22.4 Å². The summed E-state index contributed by atoms with van der Waals surface area (Å²) < 4.78 is 4.96. The van der Waals surface area contributed by atoms with Crippen LogP contribution in [-0.4, -0.2) is 12.6 Å². The molecule has 2 atom stereocenters. The lowest BCUT2D eigenvalue weighted by Gasteiger charge is -1.98. The molecule has 2 nitrogen and oxygen atoms in total. The molecule has 70 valence electrons. The van der Waals surface area contributed by atoms with Gasteiger partial charge in [0.05, 0.1) is 12.5 Å². The van der Waals surface area contributed by atoms with Gasteiger partial charge >= 0.3 is 5.97 Å². The van der Waals surface area contributed by atoms with Crippen molar-refractivity contribution in [1.82, 2.24) is 0 Å². The summed E-state index contributed by atoms with van der Waals surface area (Å²) in [6.45, 7) is 2.34. The Bertz CT molecular complexity index is 292. The van der Waals surface area contributed by atoms with Crippen LogP contribution >= 0.6 is 11.3 Å². The maximum absolute atomic E-state index is 11.3. The summed E-state index contributed by atoms with van der Waals surface area (Å²) in [5.41, 5.74) is 1.29. The van der Waals surface area contributed by atoms with E-state index in [2.05, 4.69) is 16.8 Å². The fourth-order valence-electron chi connectivity index (χ4n) is 1.56. The standard InChI is InChI=1S/C10H12O2S/c1-2-12-10(11)9-5-8(9)7-3-4-13-6-7/h3-4,6,8-9H,2,5H2,1H3/t8-,9+/m1/s1. The van der Waals surface area contributed by atoms with Gasteiger partial charge in [0.2, 0.25) is 0 Å². The Hall–Kier alpha value is -0.830. The lowest BCUT2D eigenvalue weighted by molar-refractivity contribution is -0.144. The number of carbonyl (C=O) groups is 1. The number of thiophene rings is 1. The molecule has 0 N–H and O–H groups in total. The fraction of sp³-hybridized carbons (Fsp3) is 0.500. The second-order valence-corrected chi connectivity index (χ2v) is 4.04. The molecule has 0 spiro atoms. The molecule has 0 bridgehead atoms. The zero-order valence-corrected chi connectivity index (χ0v) is 8.34. The van der Waals surface area contributed by atoms with Gasteiger partial charge in [0, 0.05) is 0 Å². The maximum atomic E-state index is 11.3. The minimum absolute atomic E-state index is 0.0290. The highest BCUT2D eigenvalue weighted by molar-refractivity contribution is 7.08. The summed E-state index contributed by atoms with van der Waals surface area (Å²) in [5, 5.41) is 4.17. The summed E-state index contributed by atoms with van der Waals surface area (Å²) in [5.74, 6) is 0.540. The van der Waals surface area contributed by atoms with Crippen LogP contribution in [-0.2, 0) is 9.53 Å². The largest absolute Gasteiger partial charge is 0.466 e. The predicted molar refractivity (Wildman–Crippen MR) is 51.8 cm³/mol. The normalized spacial score (nSPS) is 25.6. The average molecular weight is 196 g/mol. The maximum Gasteiger partial charge on any atom is 0.309 e. The molecule has 0 amide bonds. The minimum Gasteiger partial charge on any atom is -0.466 e. The van der Waals surface area contributed by atoms with Crippen molar-refractivity contribution in [2.75, 3.05) is 6.61 Å². The number of ether oxygens (including phenoxy) is 1. The molecule has 13 heavy (non-hydrogen) atoms. The van der Waals surface area contributed by atoms with Gasteiger partial charge in [-0.2, -0.15) is 11.3 Å². The highest BCUT2D eigenvalue weighted by atomic mass is 32.1. The molecule has 1 fully saturated rings. The molecule has 2 rings (SSSR count). The Morgan fingerprint density at radius 2 is 2.62 bits per heavy atom. The summed E-state index contributed by atoms with van der Waals surface area (Å²) in [4.78, 5) is 11.3. The number of carbonyl (C=O) groups excluding carboxylic acids is 1. The summed E-state index contributed by atoms with van der Waals surface area (Å²) >= 11 is 1.68. The summed E-state index contributed by atoms with van der Waals surface area (Å²) in [6, 6.07) is 2.09. The van der Waals surface area contributed by atoms with E-state index in [1.165, 1.54) is 5.56 Å². The van der Waals surface area contributed by atoms with Crippen LogP contribution < -0.4 is 0 Å². The van der Waals surface area contributed by atoms with E-state index in [0.717, 1.165) is 6.42 Å². The second-order valence-electron chi connectivity index (χ2n) is 3.26. The van der Waals surface area contributed by atoms with Gasteiger partial charge < -0.3 is 4.74 Å². The third kappa shape index (κ3) is 1.75. The van der Waals surface area contributed by atoms with Crippen molar-refractivity contribution in [1.29, 1.82) is 0 Å². The molecule has 0 saturated heterocycles. The van der Waals surface area contributed by atoms with Crippen LogP contribution in [0.4, 0.5) is 0 Å². The van der Waals surface area contributed by atoms with Crippen molar-refractivity contribution in [2.24, 2.45) is 5.92 Å². The highest BCUT2D eigenvalue weighted by Crippen LogP contribution is 2.48.